The maximum atomic E-state index is 12.6. The minimum absolute atomic E-state index is 0.100. The minimum atomic E-state index is -0.118. The van der Waals surface area contributed by atoms with Crippen LogP contribution in [-0.2, 0) is 4.79 Å². The lowest BCUT2D eigenvalue weighted by atomic mass is 9.92. The fourth-order valence-electron chi connectivity index (χ4n) is 4.31. The zero-order valence-corrected chi connectivity index (χ0v) is 15.2. The molecule has 2 fully saturated rings. The van der Waals surface area contributed by atoms with Gasteiger partial charge in [0.25, 0.3) is 0 Å². The number of hydrogen-bond acceptors (Lipinski definition) is 3. The Morgan fingerprint density at radius 3 is 2.20 bits per heavy atom. The van der Waals surface area contributed by atoms with Gasteiger partial charge < -0.3 is 15.7 Å². The molecule has 1 amide bonds. The van der Waals surface area contributed by atoms with E-state index in [1.54, 1.807) is 6.07 Å². The molecular weight excluding hydrogens is 312 g/mol. The van der Waals surface area contributed by atoms with Crippen molar-refractivity contribution in [1.29, 1.82) is 0 Å². The van der Waals surface area contributed by atoms with E-state index in [-0.39, 0.29) is 17.7 Å². The lowest BCUT2D eigenvalue weighted by Crippen LogP contribution is -2.40. The number of phenols is 1. The molecule has 0 saturated heterocycles. The van der Waals surface area contributed by atoms with Gasteiger partial charge >= 0.3 is 0 Å². The van der Waals surface area contributed by atoms with Crippen LogP contribution < -0.4 is 10.6 Å². The highest BCUT2D eigenvalue weighted by atomic mass is 16.3. The van der Waals surface area contributed by atoms with Crippen molar-refractivity contribution in [2.75, 3.05) is 0 Å². The van der Waals surface area contributed by atoms with Crippen molar-refractivity contribution in [2.45, 2.75) is 88.8 Å². The van der Waals surface area contributed by atoms with Gasteiger partial charge in [0.05, 0.1) is 0 Å². The summed E-state index contributed by atoms with van der Waals surface area (Å²) in [6.45, 7) is 0. The summed E-state index contributed by atoms with van der Waals surface area (Å²) in [4.78, 5) is 12.6. The number of carbonyl (C=O) groups excluding carboxylic acids is 1. The van der Waals surface area contributed by atoms with Crippen molar-refractivity contribution in [2.24, 2.45) is 0 Å². The first-order chi connectivity index (χ1) is 12.2. The van der Waals surface area contributed by atoms with E-state index in [2.05, 4.69) is 10.6 Å². The Kier molecular flexibility index (Phi) is 6.74. The molecule has 1 aromatic carbocycles. The molecule has 2 saturated carbocycles. The van der Waals surface area contributed by atoms with E-state index in [4.69, 9.17) is 0 Å². The number of aromatic hydroxyl groups is 1. The summed E-state index contributed by atoms with van der Waals surface area (Å²) in [5.74, 6) is 0.379. The zero-order chi connectivity index (χ0) is 17.5. The van der Waals surface area contributed by atoms with Crippen LogP contribution in [0.15, 0.2) is 24.3 Å². The highest BCUT2D eigenvalue weighted by Crippen LogP contribution is 2.29. The highest BCUT2D eigenvalue weighted by Gasteiger charge is 2.24. The number of hydrogen-bond donors (Lipinski definition) is 3. The molecule has 25 heavy (non-hydrogen) atoms. The van der Waals surface area contributed by atoms with Crippen LogP contribution in [0.1, 0.15) is 82.2 Å². The largest absolute Gasteiger partial charge is 0.508 e. The molecular formula is C21H32N2O2. The van der Waals surface area contributed by atoms with Crippen LogP contribution in [-0.4, -0.2) is 23.1 Å². The van der Waals surface area contributed by atoms with Crippen molar-refractivity contribution in [1.82, 2.24) is 10.6 Å². The average Bonchev–Trinajstić information content (AvgIpc) is 2.63. The van der Waals surface area contributed by atoms with Crippen LogP contribution >= 0.6 is 0 Å². The average molecular weight is 344 g/mol. The number of para-hydroxylation sites is 1. The van der Waals surface area contributed by atoms with E-state index < -0.39 is 0 Å². The molecule has 0 heterocycles. The maximum Gasteiger partial charge on any atom is 0.222 e. The van der Waals surface area contributed by atoms with Gasteiger partial charge in [0.2, 0.25) is 5.91 Å². The van der Waals surface area contributed by atoms with Crippen molar-refractivity contribution in [3.63, 3.8) is 0 Å². The van der Waals surface area contributed by atoms with E-state index in [9.17, 15) is 9.90 Å². The second kappa shape index (κ2) is 9.23. The zero-order valence-electron chi connectivity index (χ0n) is 15.2. The predicted molar refractivity (Wildman–Crippen MR) is 100 cm³/mol. The normalized spacial score (nSPS) is 21.0. The Hall–Kier alpha value is -1.55. The van der Waals surface area contributed by atoms with Crippen molar-refractivity contribution >= 4 is 5.91 Å². The lowest BCUT2D eigenvalue weighted by molar-refractivity contribution is -0.122. The number of amides is 1. The predicted octanol–water partition coefficient (Wildman–Crippen LogP) is 4.19. The summed E-state index contributed by atoms with van der Waals surface area (Å²) < 4.78 is 0. The molecule has 0 aromatic heterocycles. The topological polar surface area (TPSA) is 61.4 Å². The molecule has 0 spiro atoms. The number of phenolic OH excluding ortho intramolecular Hbond substituents is 1. The van der Waals surface area contributed by atoms with E-state index in [0.717, 1.165) is 31.2 Å². The highest BCUT2D eigenvalue weighted by molar-refractivity contribution is 5.77. The van der Waals surface area contributed by atoms with Crippen LogP contribution in [0.4, 0.5) is 0 Å². The summed E-state index contributed by atoms with van der Waals surface area (Å²) in [6, 6.07) is 8.07. The Morgan fingerprint density at radius 1 is 0.960 bits per heavy atom. The molecule has 1 aromatic rings. The van der Waals surface area contributed by atoms with Gasteiger partial charge in [-0.05, 0) is 31.7 Å². The first-order valence-corrected chi connectivity index (χ1v) is 10.1. The fourth-order valence-corrected chi connectivity index (χ4v) is 4.31. The van der Waals surface area contributed by atoms with Crippen LogP contribution in [0.2, 0.25) is 0 Å². The SMILES string of the molecule is O=C(C[C@@H](NC1CCCCC1)c1ccccc1O)NC1CCCCC1. The number of rotatable bonds is 6. The molecule has 3 N–H and O–H groups in total. The molecule has 2 aliphatic rings. The molecule has 3 rings (SSSR count). The fraction of sp³-hybridized carbons (Fsp3) is 0.667. The minimum Gasteiger partial charge on any atom is -0.508 e. The van der Waals surface area contributed by atoms with Gasteiger partial charge in [-0.15, -0.1) is 0 Å². The van der Waals surface area contributed by atoms with Gasteiger partial charge in [0.15, 0.2) is 0 Å². The molecule has 1 atom stereocenters. The summed E-state index contributed by atoms with van der Waals surface area (Å²) >= 11 is 0. The standard InChI is InChI=1S/C21H32N2O2/c24-20-14-8-7-13-18(20)19(22-16-9-3-1-4-10-16)15-21(25)23-17-11-5-2-6-12-17/h7-8,13-14,16-17,19,22,24H,1-6,9-12,15H2,(H,23,25)/t19-/m1/s1. The van der Waals surface area contributed by atoms with E-state index in [1.165, 1.54) is 38.5 Å². The molecule has 0 aliphatic heterocycles. The first-order valence-electron chi connectivity index (χ1n) is 10.1. The van der Waals surface area contributed by atoms with E-state index in [0.29, 0.717) is 18.5 Å². The second-order valence-electron chi connectivity index (χ2n) is 7.72. The summed E-state index contributed by atoms with van der Waals surface area (Å²) in [7, 11) is 0. The van der Waals surface area contributed by atoms with Gasteiger partial charge in [-0.3, -0.25) is 4.79 Å². The first kappa shape index (κ1) is 18.2. The third-order valence-electron chi connectivity index (χ3n) is 5.71. The molecule has 2 aliphatic carbocycles. The van der Waals surface area contributed by atoms with Gasteiger partial charge in [-0.25, -0.2) is 0 Å². The van der Waals surface area contributed by atoms with Gasteiger partial charge in [-0.2, -0.15) is 0 Å². The molecule has 4 heteroatoms. The van der Waals surface area contributed by atoms with Crippen LogP contribution in [0, 0.1) is 0 Å². The quantitative estimate of drug-likeness (QED) is 0.725. The molecule has 0 radical (unpaired) electrons. The molecule has 0 unspecified atom stereocenters. The van der Waals surface area contributed by atoms with Crippen LogP contribution in [0.3, 0.4) is 0 Å². The smallest absolute Gasteiger partial charge is 0.222 e. The number of nitrogens with one attached hydrogen (secondary N) is 2. The summed E-state index contributed by atoms with van der Waals surface area (Å²) in [5, 5.41) is 17.1. The van der Waals surface area contributed by atoms with Crippen molar-refractivity contribution < 1.29 is 9.90 Å². The van der Waals surface area contributed by atoms with Crippen molar-refractivity contribution in [3.05, 3.63) is 29.8 Å². The Morgan fingerprint density at radius 2 is 1.56 bits per heavy atom. The lowest BCUT2D eigenvalue weighted by Gasteiger charge is -2.30. The van der Waals surface area contributed by atoms with Crippen molar-refractivity contribution in [3.8, 4) is 5.75 Å². The number of benzene rings is 1. The summed E-state index contributed by atoms with van der Waals surface area (Å²) in [5.41, 5.74) is 0.840. The van der Waals surface area contributed by atoms with Gasteiger partial charge in [0, 0.05) is 30.1 Å². The van der Waals surface area contributed by atoms with Gasteiger partial charge in [0.1, 0.15) is 5.75 Å². The molecule has 138 valence electrons. The van der Waals surface area contributed by atoms with Gasteiger partial charge in [-0.1, -0.05) is 56.7 Å². The molecule has 0 bridgehead atoms. The third-order valence-corrected chi connectivity index (χ3v) is 5.71. The maximum absolute atomic E-state index is 12.6. The van der Waals surface area contributed by atoms with Crippen LogP contribution in [0.25, 0.3) is 0 Å². The monoisotopic (exact) mass is 344 g/mol. The Balaban J connectivity index is 1.64. The van der Waals surface area contributed by atoms with Crippen LogP contribution in [0.5, 0.6) is 5.75 Å². The number of carbonyl (C=O) groups is 1. The van der Waals surface area contributed by atoms with E-state index in [1.807, 2.05) is 18.2 Å². The Labute approximate surface area is 151 Å². The van der Waals surface area contributed by atoms with E-state index >= 15 is 0 Å². The third kappa shape index (κ3) is 5.46. The molecule has 4 nitrogen and oxygen atoms in total. The second-order valence-corrected chi connectivity index (χ2v) is 7.72. The summed E-state index contributed by atoms with van der Waals surface area (Å²) in [6.07, 6.45) is 12.4. The Bertz CT molecular complexity index is 549.